The molecule has 1 heterocycles. The number of amidine groups is 1. The Labute approximate surface area is 68.3 Å². The van der Waals surface area contributed by atoms with Crippen LogP contribution in [0.15, 0.2) is 16.3 Å². The molecule has 12 heavy (non-hydrogen) atoms. The van der Waals surface area contributed by atoms with Crippen molar-refractivity contribution in [3.8, 4) is 0 Å². The summed E-state index contributed by atoms with van der Waals surface area (Å²) in [5, 5.41) is 0. The number of aromatic amines is 1. The molecule has 0 aliphatic heterocycles. The van der Waals surface area contributed by atoms with Gasteiger partial charge >= 0.3 is 0 Å². The Bertz CT molecular complexity index is 303. The van der Waals surface area contributed by atoms with Crippen molar-refractivity contribution in [2.45, 2.75) is 0 Å². The van der Waals surface area contributed by atoms with Crippen LogP contribution in [-0.2, 0) is 0 Å². The van der Waals surface area contributed by atoms with Crippen LogP contribution in [0, 0.1) is 0 Å². The molecule has 1 aromatic rings. The van der Waals surface area contributed by atoms with Crippen molar-refractivity contribution in [3.63, 3.8) is 0 Å². The summed E-state index contributed by atoms with van der Waals surface area (Å²) in [5.41, 5.74) is 5.81. The third-order valence-electron chi connectivity index (χ3n) is 1.25. The summed E-state index contributed by atoms with van der Waals surface area (Å²) in [5.74, 6) is 0.363. The van der Waals surface area contributed by atoms with Crippen molar-refractivity contribution in [3.05, 3.63) is 12.0 Å². The third kappa shape index (κ3) is 1.47. The van der Waals surface area contributed by atoms with Gasteiger partial charge in [-0.3, -0.25) is 0 Å². The van der Waals surface area contributed by atoms with Gasteiger partial charge in [-0.1, -0.05) is 0 Å². The summed E-state index contributed by atoms with van der Waals surface area (Å²) in [4.78, 5) is 13.3. The zero-order chi connectivity index (χ0) is 8.97. The maximum Gasteiger partial charge on any atom is 0.182 e. The number of nitrogens with two attached hydrogens (primary N) is 1. The van der Waals surface area contributed by atoms with E-state index in [0.29, 0.717) is 5.69 Å². The molecule has 0 aromatic carbocycles. The molecule has 0 saturated heterocycles. The number of nitrogens with one attached hydrogen (secondary N) is 1. The Morgan fingerprint density at radius 2 is 2.58 bits per heavy atom. The number of aliphatic imine (C=N–C) groups is 2. The molecule has 0 spiro atoms. The van der Waals surface area contributed by atoms with Crippen molar-refractivity contribution >= 4 is 18.4 Å². The SMILES string of the molecule is C=NC(=NCF)c1[nH]cnc1N. The lowest BCUT2D eigenvalue weighted by Crippen LogP contribution is -2.02. The molecule has 0 fully saturated rings. The molecule has 1 rings (SSSR count). The fourth-order valence-corrected chi connectivity index (χ4v) is 0.749. The van der Waals surface area contributed by atoms with Crippen molar-refractivity contribution < 1.29 is 4.39 Å². The molecule has 0 saturated carbocycles. The molecule has 6 heteroatoms. The number of H-pyrrole nitrogens is 1. The van der Waals surface area contributed by atoms with Crippen molar-refractivity contribution in [1.82, 2.24) is 9.97 Å². The maximum absolute atomic E-state index is 11.8. The molecule has 0 aliphatic rings. The van der Waals surface area contributed by atoms with E-state index in [2.05, 4.69) is 26.7 Å². The first kappa shape index (κ1) is 8.38. The standard InChI is InChI=1S/C6H8FN5/c1-9-6(10-2-7)4-5(8)12-3-11-4/h3H,1-2,8H2,(H,11,12). The highest BCUT2D eigenvalue weighted by Gasteiger charge is 2.06. The minimum atomic E-state index is -0.854. The van der Waals surface area contributed by atoms with Gasteiger partial charge in [0, 0.05) is 0 Å². The van der Waals surface area contributed by atoms with E-state index in [-0.39, 0.29) is 11.7 Å². The lowest BCUT2D eigenvalue weighted by atomic mass is 10.4. The Morgan fingerprint density at radius 1 is 1.83 bits per heavy atom. The van der Waals surface area contributed by atoms with Crippen LogP contribution in [0.25, 0.3) is 0 Å². The van der Waals surface area contributed by atoms with E-state index in [1.807, 2.05) is 0 Å². The Morgan fingerprint density at radius 3 is 3.00 bits per heavy atom. The van der Waals surface area contributed by atoms with E-state index < -0.39 is 6.80 Å². The summed E-state index contributed by atoms with van der Waals surface area (Å²) in [7, 11) is 0. The largest absolute Gasteiger partial charge is 0.382 e. The van der Waals surface area contributed by atoms with Gasteiger partial charge in [-0.05, 0) is 6.72 Å². The second kappa shape index (κ2) is 3.61. The molecule has 5 nitrogen and oxygen atoms in total. The fourth-order valence-electron chi connectivity index (χ4n) is 0.749. The van der Waals surface area contributed by atoms with Crippen molar-refractivity contribution in [2.75, 3.05) is 12.5 Å². The molecular formula is C6H8FN5. The van der Waals surface area contributed by atoms with Crippen LogP contribution in [0.2, 0.25) is 0 Å². The van der Waals surface area contributed by atoms with Gasteiger partial charge in [-0.2, -0.15) is 0 Å². The van der Waals surface area contributed by atoms with E-state index in [4.69, 9.17) is 5.73 Å². The number of halogens is 1. The average molecular weight is 169 g/mol. The van der Waals surface area contributed by atoms with Crippen LogP contribution < -0.4 is 5.73 Å². The number of hydrogen-bond acceptors (Lipinski definition) is 3. The predicted octanol–water partition coefficient (Wildman–Crippen LogP) is 0.366. The van der Waals surface area contributed by atoms with Crippen molar-refractivity contribution in [2.24, 2.45) is 9.98 Å². The number of anilines is 1. The lowest BCUT2D eigenvalue weighted by Gasteiger charge is -1.95. The number of nitrogen functional groups attached to an aromatic ring is 1. The van der Waals surface area contributed by atoms with E-state index in [1.54, 1.807) is 0 Å². The number of rotatable bonds is 2. The summed E-state index contributed by atoms with van der Waals surface area (Å²) in [6.45, 7) is 2.37. The molecule has 0 amide bonds. The summed E-state index contributed by atoms with van der Waals surface area (Å²) in [6, 6.07) is 0. The second-order valence-corrected chi connectivity index (χ2v) is 1.92. The van der Waals surface area contributed by atoms with Gasteiger partial charge in [0.1, 0.15) is 5.69 Å². The first-order valence-electron chi connectivity index (χ1n) is 3.16. The lowest BCUT2D eigenvalue weighted by molar-refractivity contribution is 0.512. The molecule has 0 aliphatic carbocycles. The number of alkyl halides is 1. The van der Waals surface area contributed by atoms with Crippen LogP contribution in [-0.4, -0.2) is 29.3 Å². The van der Waals surface area contributed by atoms with E-state index in [0.717, 1.165) is 0 Å². The highest BCUT2D eigenvalue weighted by atomic mass is 19.1. The van der Waals surface area contributed by atoms with Crippen LogP contribution in [0.1, 0.15) is 5.69 Å². The minimum Gasteiger partial charge on any atom is -0.382 e. The highest BCUT2D eigenvalue weighted by Crippen LogP contribution is 2.06. The normalized spacial score (nSPS) is 11.6. The monoisotopic (exact) mass is 169 g/mol. The van der Waals surface area contributed by atoms with E-state index in [1.165, 1.54) is 6.33 Å². The molecule has 0 radical (unpaired) electrons. The first-order valence-corrected chi connectivity index (χ1v) is 3.16. The van der Waals surface area contributed by atoms with Gasteiger partial charge in [0.15, 0.2) is 18.5 Å². The molecule has 3 N–H and O–H groups in total. The number of imidazole rings is 1. The first-order chi connectivity index (χ1) is 5.79. The summed E-state index contributed by atoms with van der Waals surface area (Å²) < 4.78 is 11.8. The van der Waals surface area contributed by atoms with Crippen LogP contribution in [0.5, 0.6) is 0 Å². The molecule has 1 aromatic heterocycles. The van der Waals surface area contributed by atoms with Gasteiger partial charge in [-0.25, -0.2) is 19.4 Å². The van der Waals surface area contributed by atoms with Gasteiger partial charge in [-0.15, -0.1) is 0 Å². The quantitative estimate of drug-likeness (QED) is 0.381. The van der Waals surface area contributed by atoms with Crippen LogP contribution >= 0.6 is 0 Å². The van der Waals surface area contributed by atoms with Gasteiger partial charge in [0.05, 0.1) is 6.33 Å². The molecule has 0 unspecified atom stereocenters. The van der Waals surface area contributed by atoms with E-state index >= 15 is 0 Å². The smallest absolute Gasteiger partial charge is 0.182 e. The summed E-state index contributed by atoms with van der Waals surface area (Å²) >= 11 is 0. The highest BCUT2D eigenvalue weighted by molar-refractivity contribution is 6.03. The minimum absolute atomic E-state index is 0.132. The predicted molar refractivity (Wildman–Crippen MR) is 45.1 cm³/mol. The fraction of sp³-hybridized carbons (Fsp3) is 0.167. The Balaban J connectivity index is 3.02. The van der Waals surface area contributed by atoms with Gasteiger partial charge in [0.25, 0.3) is 0 Å². The molecular weight excluding hydrogens is 161 g/mol. The number of nitrogens with zero attached hydrogens (tertiary/aromatic N) is 3. The summed E-state index contributed by atoms with van der Waals surface area (Å²) in [6.07, 6.45) is 1.38. The molecule has 0 atom stereocenters. The molecule has 0 bridgehead atoms. The topological polar surface area (TPSA) is 79.4 Å². The Hall–Kier alpha value is -1.72. The van der Waals surface area contributed by atoms with Crippen LogP contribution in [0.4, 0.5) is 10.2 Å². The second-order valence-electron chi connectivity index (χ2n) is 1.92. The maximum atomic E-state index is 11.8. The third-order valence-corrected chi connectivity index (χ3v) is 1.25. The Kier molecular flexibility index (Phi) is 2.52. The van der Waals surface area contributed by atoms with E-state index in [9.17, 15) is 4.39 Å². The molecule has 64 valence electrons. The number of aromatic nitrogens is 2. The van der Waals surface area contributed by atoms with Gasteiger partial charge < -0.3 is 10.7 Å². The zero-order valence-corrected chi connectivity index (χ0v) is 6.29. The average Bonchev–Trinajstić information content (AvgIpc) is 2.47. The zero-order valence-electron chi connectivity index (χ0n) is 6.29. The van der Waals surface area contributed by atoms with Crippen molar-refractivity contribution in [1.29, 1.82) is 0 Å². The van der Waals surface area contributed by atoms with Crippen LogP contribution in [0.3, 0.4) is 0 Å². The number of hydrogen-bond donors (Lipinski definition) is 2. The van der Waals surface area contributed by atoms with Gasteiger partial charge in [0.2, 0.25) is 0 Å².